The van der Waals surface area contributed by atoms with E-state index in [0.717, 1.165) is 31.5 Å². The van der Waals surface area contributed by atoms with Crippen LogP contribution in [0.2, 0.25) is 0 Å². The third-order valence-electron chi connectivity index (χ3n) is 3.82. The van der Waals surface area contributed by atoms with Crippen molar-refractivity contribution >= 4 is 5.82 Å². The first kappa shape index (κ1) is 14.0. The number of aromatic nitrogens is 2. The minimum atomic E-state index is -2.48. The van der Waals surface area contributed by atoms with Crippen LogP contribution in [0.15, 0.2) is 24.3 Å². The van der Waals surface area contributed by atoms with Crippen LogP contribution < -0.4 is 5.73 Å². The van der Waals surface area contributed by atoms with Crippen LogP contribution in [0, 0.1) is 0 Å². The Morgan fingerprint density at radius 1 is 1.38 bits per heavy atom. The fourth-order valence-corrected chi connectivity index (χ4v) is 2.67. The minimum absolute atomic E-state index is 0.00455. The van der Waals surface area contributed by atoms with E-state index in [9.17, 15) is 8.78 Å². The fourth-order valence-electron chi connectivity index (χ4n) is 2.67. The molecule has 112 valence electrons. The summed E-state index contributed by atoms with van der Waals surface area (Å²) in [4.78, 5) is 4.62. The maximum Gasteiger partial charge on any atom is 0.263 e. The Hall–Kier alpha value is -1.91. The number of hydrogen-bond acceptors (Lipinski definition) is 2. The predicted octanol–water partition coefficient (Wildman–Crippen LogP) is 4.36. The molecule has 1 heterocycles. The Morgan fingerprint density at radius 2 is 2.14 bits per heavy atom. The van der Waals surface area contributed by atoms with Gasteiger partial charge in [-0.15, -0.1) is 0 Å². The molecule has 1 saturated carbocycles. The number of halogens is 2. The topological polar surface area (TPSA) is 43.8 Å². The van der Waals surface area contributed by atoms with E-state index in [1.807, 2.05) is 0 Å². The maximum atomic E-state index is 12.8. The monoisotopic (exact) mass is 291 g/mol. The van der Waals surface area contributed by atoms with Gasteiger partial charge >= 0.3 is 0 Å². The van der Waals surface area contributed by atoms with Crippen LogP contribution in [0.25, 0.3) is 11.3 Å². The van der Waals surface area contributed by atoms with Gasteiger partial charge in [0.25, 0.3) is 6.43 Å². The zero-order chi connectivity index (χ0) is 15.0. The summed E-state index contributed by atoms with van der Waals surface area (Å²) in [5.41, 5.74) is 7.55. The number of imidazole rings is 1. The number of rotatable bonds is 5. The Bertz CT molecular complexity index is 645. The fraction of sp³-hybridized carbons (Fsp3) is 0.438. The van der Waals surface area contributed by atoms with Crippen LogP contribution >= 0.6 is 0 Å². The lowest BCUT2D eigenvalue weighted by atomic mass is 10.1. The van der Waals surface area contributed by atoms with Crippen LogP contribution in [0.3, 0.4) is 0 Å². The van der Waals surface area contributed by atoms with Crippen molar-refractivity contribution in [2.45, 2.75) is 45.1 Å². The highest BCUT2D eigenvalue weighted by Gasteiger charge is 2.29. The van der Waals surface area contributed by atoms with Gasteiger partial charge in [-0.05, 0) is 25.3 Å². The molecule has 0 unspecified atom stereocenters. The van der Waals surface area contributed by atoms with E-state index in [2.05, 4.69) is 16.5 Å². The zero-order valence-corrected chi connectivity index (χ0v) is 12.0. The van der Waals surface area contributed by atoms with Crippen LogP contribution in [0.4, 0.5) is 14.6 Å². The molecule has 2 aromatic rings. The third kappa shape index (κ3) is 2.64. The molecule has 1 aromatic heterocycles. The smallest absolute Gasteiger partial charge is 0.263 e. The zero-order valence-electron chi connectivity index (χ0n) is 12.0. The quantitative estimate of drug-likeness (QED) is 0.889. The van der Waals surface area contributed by atoms with Crippen LogP contribution in [0.1, 0.15) is 50.0 Å². The van der Waals surface area contributed by atoms with Gasteiger partial charge in [-0.1, -0.05) is 25.1 Å². The molecular formula is C16H19F2N3. The molecule has 5 heteroatoms. The van der Waals surface area contributed by atoms with Crippen LogP contribution in [-0.2, 0) is 6.42 Å². The highest BCUT2D eigenvalue weighted by Crippen LogP contribution is 2.41. The van der Waals surface area contributed by atoms with Gasteiger partial charge in [0.05, 0.1) is 0 Å². The van der Waals surface area contributed by atoms with E-state index in [1.165, 1.54) is 12.1 Å². The van der Waals surface area contributed by atoms with Gasteiger partial charge in [-0.25, -0.2) is 13.8 Å². The second-order valence-corrected chi connectivity index (χ2v) is 5.54. The van der Waals surface area contributed by atoms with Gasteiger partial charge in [-0.3, -0.25) is 0 Å². The van der Waals surface area contributed by atoms with E-state index in [1.54, 1.807) is 12.1 Å². The highest BCUT2D eigenvalue weighted by molar-refractivity contribution is 5.71. The largest absolute Gasteiger partial charge is 0.383 e. The van der Waals surface area contributed by atoms with Crippen molar-refractivity contribution in [3.63, 3.8) is 0 Å². The average Bonchev–Trinajstić information content (AvgIpc) is 3.24. The maximum absolute atomic E-state index is 12.8. The summed E-state index contributed by atoms with van der Waals surface area (Å²) >= 11 is 0. The van der Waals surface area contributed by atoms with E-state index in [4.69, 9.17) is 5.73 Å². The van der Waals surface area contributed by atoms with Gasteiger partial charge in [0.1, 0.15) is 17.3 Å². The van der Waals surface area contributed by atoms with Gasteiger partial charge in [0, 0.05) is 23.6 Å². The molecule has 1 aliphatic carbocycles. The number of anilines is 1. The molecular weight excluding hydrogens is 272 g/mol. The Balaban J connectivity index is 2.05. The molecule has 0 radical (unpaired) electrons. The normalized spacial score (nSPS) is 14.9. The van der Waals surface area contributed by atoms with E-state index < -0.39 is 6.43 Å². The molecule has 0 aliphatic heterocycles. The number of benzene rings is 1. The first-order chi connectivity index (χ1) is 10.1. The predicted molar refractivity (Wildman–Crippen MR) is 79.3 cm³/mol. The van der Waals surface area contributed by atoms with Gasteiger partial charge < -0.3 is 10.3 Å². The second-order valence-electron chi connectivity index (χ2n) is 5.54. The summed E-state index contributed by atoms with van der Waals surface area (Å²) in [5, 5.41) is 0. The third-order valence-corrected chi connectivity index (χ3v) is 3.82. The Labute approximate surface area is 122 Å². The molecule has 1 aromatic carbocycles. The van der Waals surface area contributed by atoms with Crippen LogP contribution in [-0.4, -0.2) is 9.55 Å². The summed E-state index contributed by atoms with van der Waals surface area (Å²) in [6, 6.07) is 6.76. The molecule has 0 saturated heterocycles. The highest BCUT2D eigenvalue weighted by atomic mass is 19.3. The van der Waals surface area contributed by atoms with Gasteiger partial charge in [0.15, 0.2) is 0 Å². The van der Waals surface area contributed by atoms with Gasteiger partial charge in [0.2, 0.25) is 0 Å². The molecule has 3 nitrogen and oxygen atoms in total. The summed E-state index contributed by atoms with van der Waals surface area (Å²) in [5.74, 6) is 1.57. The number of nitrogens with two attached hydrogens (primary N) is 1. The van der Waals surface area contributed by atoms with Crippen molar-refractivity contribution in [1.29, 1.82) is 0 Å². The molecule has 0 atom stereocenters. The average molecular weight is 291 g/mol. The molecule has 0 spiro atoms. The standard InChI is InChI=1S/C16H19F2N3/c1-2-4-13-20-14(16(19)21(13)12-7-8-12)10-5-3-6-11(9-10)15(17)18/h3,5-6,9,12,15H,2,4,7-8,19H2,1H3. The van der Waals surface area contributed by atoms with Crippen LogP contribution in [0.5, 0.6) is 0 Å². The van der Waals surface area contributed by atoms with Crippen molar-refractivity contribution in [3.05, 3.63) is 35.7 Å². The molecule has 1 fully saturated rings. The van der Waals surface area contributed by atoms with E-state index in [-0.39, 0.29) is 5.56 Å². The summed E-state index contributed by atoms with van der Waals surface area (Å²) < 4.78 is 27.8. The summed E-state index contributed by atoms with van der Waals surface area (Å²) in [7, 11) is 0. The Kier molecular flexibility index (Phi) is 3.66. The number of nitrogen functional groups attached to an aromatic ring is 1. The van der Waals surface area contributed by atoms with Crippen molar-refractivity contribution < 1.29 is 8.78 Å². The number of alkyl halides is 2. The molecule has 21 heavy (non-hydrogen) atoms. The SMILES string of the molecule is CCCc1nc(-c2cccc(C(F)F)c2)c(N)n1C1CC1. The Morgan fingerprint density at radius 3 is 2.76 bits per heavy atom. The first-order valence-electron chi connectivity index (χ1n) is 7.36. The lowest BCUT2D eigenvalue weighted by Gasteiger charge is -2.07. The number of hydrogen-bond donors (Lipinski definition) is 1. The molecule has 0 amide bonds. The van der Waals surface area contributed by atoms with E-state index in [0.29, 0.717) is 23.1 Å². The second kappa shape index (κ2) is 5.47. The molecule has 1 aliphatic rings. The van der Waals surface area contributed by atoms with Crippen molar-refractivity contribution in [1.82, 2.24) is 9.55 Å². The molecule has 2 N–H and O–H groups in total. The van der Waals surface area contributed by atoms with E-state index >= 15 is 0 Å². The molecule has 3 rings (SSSR count). The minimum Gasteiger partial charge on any atom is -0.383 e. The number of aryl methyl sites for hydroxylation is 1. The number of nitrogens with zero attached hydrogens (tertiary/aromatic N) is 2. The van der Waals surface area contributed by atoms with Gasteiger partial charge in [-0.2, -0.15) is 0 Å². The van der Waals surface area contributed by atoms with Crippen molar-refractivity contribution in [2.75, 3.05) is 5.73 Å². The lowest BCUT2D eigenvalue weighted by Crippen LogP contribution is -2.05. The summed E-state index contributed by atoms with van der Waals surface area (Å²) in [6.07, 6.45) is 1.60. The van der Waals surface area contributed by atoms with Crippen molar-refractivity contribution in [2.24, 2.45) is 0 Å². The first-order valence-corrected chi connectivity index (χ1v) is 7.36. The lowest BCUT2D eigenvalue weighted by molar-refractivity contribution is 0.151. The van der Waals surface area contributed by atoms with Crippen molar-refractivity contribution in [3.8, 4) is 11.3 Å². The summed E-state index contributed by atoms with van der Waals surface area (Å²) in [6.45, 7) is 2.10. The molecule has 0 bridgehead atoms.